The predicted octanol–water partition coefficient (Wildman–Crippen LogP) is 2.97. The van der Waals surface area contributed by atoms with E-state index >= 15 is 0 Å². The van der Waals surface area contributed by atoms with Gasteiger partial charge in [-0.15, -0.1) is 0 Å². The summed E-state index contributed by atoms with van der Waals surface area (Å²) in [6, 6.07) is 20.4. The number of anilines is 2. The van der Waals surface area contributed by atoms with Crippen LogP contribution < -0.4 is 15.5 Å². The highest BCUT2D eigenvalue weighted by Crippen LogP contribution is 2.24. The molecule has 2 fully saturated rings. The lowest BCUT2D eigenvalue weighted by atomic mass is 10.1. The van der Waals surface area contributed by atoms with Crippen molar-refractivity contribution in [1.29, 1.82) is 0 Å². The molecule has 192 valence electrons. The zero-order valence-corrected chi connectivity index (χ0v) is 21.3. The summed E-state index contributed by atoms with van der Waals surface area (Å²) in [6.07, 6.45) is -0.0921. The highest BCUT2D eigenvalue weighted by molar-refractivity contribution is 6.30. The number of amides is 3. The number of piperazine rings is 2. The highest BCUT2D eigenvalue weighted by atomic mass is 35.5. The molecule has 0 aromatic heterocycles. The van der Waals surface area contributed by atoms with E-state index in [0.29, 0.717) is 23.8 Å². The fourth-order valence-electron chi connectivity index (χ4n) is 5.03. The summed E-state index contributed by atoms with van der Waals surface area (Å²) in [4.78, 5) is 44.9. The molecule has 2 heterocycles. The maximum atomic E-state index is 13.3. The Labute approximate surface area is 221 Å². The quantitative estimate of drug-likeness (QED) is 0.523. The molecule has 1 unspecified atom stereocenters. The van der Waals surface area contributed by atoms with Crippen LogP contribution in [-0.2, 0) is 14.4 Å². The van der Waals surface area contributed by atoms with Gasteiger partial charge in [-0.05, 0) is 35.7 Å². The molecule has 0 bridgehead atoms. The third-order valence-corrected chi connectivity index (χ3v) is 7.27. The number of nitrogens with one attached hydrogen (secondary N) is 2. The average molecular weight is 520 g/mol. The number of carbonyl (C=O) groups is 3. The minimum Gasteiger partial charge on any atom is -0.369 e. The molecule has 3 aromatic carbocycles. The molecule has 8 nitrogen and oxygen atoms in total. The molecule has 9 heteroatoms. The molecule has 0 saturated carbocycles. The Kier molecular flexibility index (Phi) is 7.58. The van der Waals surface area contributed by atoms with Gasteiger partial charge in [-0.1, -0.05) is 48.0 Å². The van der Waals surface area contributed by atoms with Crippen molar-refractivity contribution in [2.75, 3.05) is 56.0 Å². The molecule has 37 heavy (non-hydrogen) atoms. The van der Waals surface area contributed by atoms with E-state index in [4.69, 9.17) is 11.6 Å². The van der Waals surface area contributed by atoms with Crippen LogP contribution >= 0.6 is 11.6 Å². The first-order valence-corrected chi connectivity index (χ1v) is 12.9. The molecule has 1 atom stereocenters. The van der Waals surface area contributed by atoms with Crippen LogP contribution in [-0.4, -0.2) is 79.4 Å². The van der Waals surface area contributed by atoms with E-state index in [2.05, 4.69) is 20.4 Å². The van der Waals surface area contributed by atoms with Gasteiger partial charge in [-0.3, -0.25) is 19.3 Å². The van der Waals surface area contributed by atoms with Crippen molar-refractivity contribution in [3.63, 3.8) is 0 Å². The van der Waals surface area contributed by atoms with Gasteiger partial charge in [0, 0.05) is 61.1 Å². The summed E-state index contributed by atoms with van der Waals surface area (Å²) in [5.74, 6) is -0.717. The van der Waals surface area contributed by atoms with E-state index in [-0.39, 0.29) is 30.7 Å². The second kappa shape index (κ2) is 11.2. The zero-order valence-electron chi connectivity index (χ0n) is 20.5. The summed E-state index contributed by atoms with van der Waals surface area (Å²) >= 11 is 6.00. The van der Waals surface area contributed by atoms with Crippen molar-refractivity contribution >= 4 is 51.5 Å². The van der Waals surface area contributed by atoms with Crippen LogP contribution in [0.3, 0.4) is 0 Å². The lowest BCUT2D eigenvalue weighted by Crippen LogP contribution is -2.60. The molecule has 0 radical (unpaired) electrons. The summed E-state index contributed by atoms with van der Waals surface area (Å²) in [5.41, 5.74) is 1.80. The zero-order chi connectivity index (χ0) is 25.8. The van der Waals surface area contributed by atoms with Crippen LogP contribution in [0.4, 0.5) is 11.4 Å². The minimum absolute atomic E-state index is 0.0921. The van der Waals surface area contributed by atoms with Gasteiger partial charge in [0.15, 0.2) is 0 Å². The Hall–Kier alpha value is -3.62. The van der Waals surface area contributed by atoms with E-state index < -0.39 is 6.04 Å². The Bertz CT molecular complexity index is 1290. The van der Waals surface area contributed by atoms with Crippen molar-refractivity contribution in [2.24, 2.45) is 0 Å². The molecule has 3 amide bonds. The second-order valence-corrected chi connectivity index (χ2v) is 9.85. The molecule has 0 spiro atoms. The molecule has 2 aliphatic rings. The number of rotatable bonds is 6. The van der Waals surface area contributed by atoms with Gasteiger partial charge in [0.05, 0.1) is 13.0 Å². The number of benzene rings is 3. The highest BCUT2D eigenvalue weighted by Gasteiger charge is 2.35. The van der Waals surface area contributed by atoms with Gasteiger partial charge in [-0.2, -0.15) is 0 Å². The Balaban J connectivity index is 1.19. The molecule has 2 N–H and O–H groups in total. The normalized spacial score (nSPS) is 18.5. The molecule has 2 saturated heterocycles. The molecular formula is C28H30ClN5O3. The number of hydrogen-bond donors (Lipinski definition) is 2. The summed E-state index contributed by atoms with van der Waals surface area (Å²) in [7, 11) is 0. The maximum Gasteiger partial charge on any atom is 0.243 e. The van der Waals surface area contributed by atoms with E-state index in [0.717, 1.165) is 42.6 Å². The van der Waals surface area contributed by atoms with Gasteiger partial charge >= 0.3 is 0 Å². The van der Waals surface area contributed by atoms with Gasteiger partial charge in [-0.25, -0.2) is 0 Å². The van der Waals surface area contributed by atoms with E-state index in [1.807, 2.05) is 66.7 Å². The van der Waals surface area contributed by atoms with Crippen molar-refractivity contribution in [2.45, 2.75) is 12.5 Å². The van der Waals surface area contributed by atoms with Gasteiger partial charge in [0.1, 0.15) is 6.04 Å². The topological polar surface area (TPSA) is 85.0 Å². The van der Waals surface area contributed by atoms with E-state index in [1.54, 1.807) is 4.90 Å². The number of hydrogen-bond acceptors (Lipinski definition) is 5. The third-order valence-electron chi connectivity index (χ3n) is 7.02. The molecule has 2 aliphatic heterocycles. The van der Waals surface area contributed by atoms with Crippen molar-refractivity contribution < 1.29 is 14.4 Å². The van der Waals surface area contributed by atoms with Crippen LogP contribution in [0.2, 0.25) is 5.02 Å². The van der Waals surface area contributed by atoms with Crippen molar-refractivity contribution in [3.05, 3.63) is 71.8 Å². The largest absolute Gasteiger partial charge is 0.369 e. The number of fused-ring (bicyclic) bond motifs is 1. The van der Waals surface area contributed by atoms with Gasteiger partial charge in [0.2, 0.25) is 17.7 Å². The Morgan fingerprint density at radius 1 is 0.919 bits per heavy atom. The lowest BCUT2D eigenvalue weighted by molar-refractivity contribution is -0.145. The monoisotopic (exact) mass is 519 g/mol. The summed E-state index contributed by atoms with van der Waals surface area (Å²) in [6.45, 7) is 4.07. The molecule has 5 rings (SSSR count). The average Bonchev–Trinajstić information content (AvgIpc) is 2.91. The van der Waals surface area contributed by atoms with Crippen LogP contribution in [0, 0.1) is 0 Å². The maximum absolute atomic E-state index is 13.3. The predicted molar refractivity (Wildman–Crippen MR) is 146 cm³/mol. The van der Waals surface area contributed by atoms with Crippen molar-refractivity contribution in [1.82, 2.24) is 15.1 Å². The van der Waals surface area contributed by atoms with Crippen LogP contribution in [0.1, 0.15) is 6.42 Å². The van der Waals surface area contributed by atoms with Crippen molar-refractivity contribution in [3.8, 4) is 0 Å². The lowest BCUT2D eigenvalue weighted by Gasteiger charge is -2.39. The number of carbonyl (C=O) groups excluding carboxylic acids is 3. The third kappa shape index (κ3) is 5.87. The first-order valence-electron chi connectivity index (χ1n) is 12.6. The molecular weight excluding hydrogens is 490 g/mol. The number of halogens is 1. The first-order chi connectivity index (χ1) is 18.0. The minimum atomic E-state index is -0.827. The van der Waals surface area contributed by atoms with Crippen LogP contribution in [0.5, 0.6) is 0 Å². The Morgan fingerprint density at radius 3 is 2.43 bits per heavy atom. The Morgan fingerprint density at radius 2 is 1.65 bits per heavy atom. The van der Waals surface area contributed by atoms with E-state index in [9.17, 15) is 14.4 Å². The van der Waals surface area contributed by atoms with Crippen LogP contribution in [0.15, 0.2) is 66.7 Å². The fourth-order valence-corrected chi connectivity index (χ4v) is 5.15. The first kappa shape index (κ1) is 25.0. The smallest absolute Gasteiger partial charge is 0.243 e. The summed E-state index contributed by atoms with van der Waals surface area (Å²) in [5, 5.41) is 8.39. The van der Waals surface area contributed by atoms with Crippen LogP contribution in [0.25, 0.3) is 10.8 Å². The fraction of sp³-hybridized carbons (Fsp3) is 0.321. The molecule has 0 aliphatic carbocycles. The van der Waals surface area contributed by atoms with E-state index in [1.165, 1.54) is 0 Å². The molecule has 3 aromatic rings. The SMILES string of the molecule is O=C(CC1C(=O)NCCN1C(=O)CN1CCN(c2ccc(Cl)cc2)CC1)Nc1cccc2ccccc12. The van der Waals surface area contributed by atoms with Gasteiger partial charge in [0.25, 0.3) is 0 Å². The standard InChI is InChI=1S/C28H30ClN5O3/c29-21-8-10-22(11-9-21)33-16-14-32(15-17-33)19-27(36)34-13-12-30-28(37)25(34)18-26(35)31-24-7-3-5-20-4-1-2-6-23(20)24/h1-11,25H,12-19H2,(H,30,37)(H,31,35). The number of nitrogens with zero attached hydrogens (tertiary/aromatic N) is 3. The van der Waals surface area contributed by atoms with Gasteiger partial charge < -0.3 is 20.4 Å². The summed E-state index contributed by atoms with van der Waals surface area (Å²) < 4.78 is 0. The second-order valence-electron chi connectivity index (χ2n) is 9.41.